The number of rotatable bonds is 6. The zero-order valence-corrected chi connectivity index (χ0v) is 15.1. The zero-order valence-electron chi connectivity index (χ0n) is 14.4. The van der Waals surface area contributed by atoms with E-state index in [0.717, 1.165) is 38.3 Å². The van der Waals surface area contributed by atoms with Crippen LogP contribution in [0.1, 0.15) is 32.4 Å². The van der Waals surface area contributed by atoms with E-state index in [1.54, 1.807) is 0 Å². The predicted molar refractivity (Wildman–Crippen MR) is 95.7 cm³/mol. The average molecular weight is 338 g/mol. The Morgan fingerprint density at radius 1 is 1.13 bits per heavy atom. The highest BCUT2D eigenvalue weighted by atomic mass is 35.5. The van der Waals surface area contributed by atoms with Crippen molar-refractivity contribution in [3.8, 4) is 0 Å². The third kappa shape index (κ3) is 5.79. The smallest absolute Gasteiger partial charge is 0.234 e. The van der Waals surface area contributed by atoms with Crippen molar-refractivity contribution in [2.75, 3.05) is 39.3 Å². The number of halogens is 1. The van der Waals surface area contributed by atoms with Gasteiger partial charge < -0.3 is 10.2 Å². The second-order valence-electron chi connectivity index (χ2n) is 6.78. The summed E-state index contributed by atoms with van der Waals surface area (Å²) in [4.78, 5) is 17.0. The van der Waals surface area contributed by atoms with E-state index in [4.69, 9.17) is 11.6 Å². The number of hydrogen-bond donors (Lipinski definition) is 1. The lowest BCUT2D eigenvalue weighted by Crippen LogP contribution is -2.50. The molecule has 1 amide bonds. The van der Waals surface area contributed by atoms with Crippen LogP contribution in [0.3, 0.4) is 0 Å². The molecule has 0 aromatic heterocycles. The number of carbonyl (C=O) groups is 1. The van der Waals surface area contributed by atoms with Crippen LogP contribution < -0.4 is 5.32 Å². The molecule has 1 aromatic rings. The standard InChI is InChI=1S/C18H28ClN3O/c1-14(2)12-21-8-10-22(11-9-21)13-18(23)20-15(3)16-6-4-5-7-17(16)19/h4-7,14-15H,8-13H2,1-3H3,(H,20,23). The fourth-order valence-electron chi connectivity index (χ4n) is 3.04. The largest absolute Gasteiger partial charge is 0.348 e. The first-order valence-corrected chi connectivity index (χ1v) is 8.82. The van der Waals surface area contributed by atoms with Gasteiger partial charge >= 0.3 is 0 Å². The first-order chi connectivity index (χ1) is 11.0. The Kier molecular flexibility index (Phi) is 6.88. The third-order valence-electron chi connectivity index (χ3n) is 4.20. The maximum atomic E-state index is 12.3. The molecule has 0 bridgehead atoms. The van der Waals surface area contributed by atoms with E-state index in [0.29, 0.717) is 17.5 Å². The maximum Gasteiger partial charge on any atom is 0.234 e. The van der Waals surface area contributed by atoms with Crippen molar-refractivity contribution in [1.29, 1.82) is 0 Å². The van der Waals surface area contributed by atoms with Crippen LogP contribution in [0.5, 0.6) is 0 Å². The van der Waals surface area contributed by atoms with Crippen LogP contribution >= 0.6 is 11.6 Å². The summed E-state index contributed by atoms with van der Waals surface area (Å²) in [6.07, 6.45) is 0. The van der Waals surface area contributed by atoms with Crippen LogP contribution in [0.25, 0.3) is 0 Å². The summed E-state index contributed by atoms with van der Waals surface area (Å²) in [5, 5.41) is 3.75. The van der Waals surface area contributed by atoms with Crippen LogP contribution in [0.4, 0.5) is 0 Å². The minimum absolute atomic E-state index is 0.0646. The van der Waals surface area contributed by atoms with E-state index < -0.39 is 0 Å². The molecule has 23 heavy (non-hydrogen) atoms. The summed E-state index contributed by atoms with van der Waals surface area (Å²) >= 11 is 6.18. The summed E-state index contributed by atoms with van der Waals surface area (Å²) in [6.45, 7) is 12.1. The van der Waals surface area contributed by atoms with E-state index in [9.17, 15) is 4.79 Å². The Morgan fingerprint density at radius 2 is 1.74 bits per heavy atom. The van der Waals surface area contributed by atoms with Gasteiger partial charge in [-0.1, -0.05) is 43.6 Å². The predicted octanol–water partition coefficient (Wildman–Crippen LogP) is 2.79. The third-order valence-corrected chi connectivity index (χ3v) is 4.55. The number of hydrogen-bond acceptors (Lipinski definition) is 3. The Labute approximate surface area is 144 Å². The molecule has 2 rings (SSSR count). The van der Waals surface area contributed by atoms with Gasteiger partial charge in [0.05, 0.1) is 12.6 Å². The van der Waals surface area contributed by atoms with Crippen molar-refractivity contribution >= 4 is 17.5 Å². The van der Waals surface area contributed by atoms with Crippen molar-refractivity contribution < 1.29 is 4.79 Å². The quantitative estimate of drug-likeness (QED) is 0.867. The number of benzene rings is 1. The molecule has 1 saturated heterocycles. The monoisotopic (exact) mass is 337 g/mol. The van der Waals surface area contributed by atoms with Gasteiger partial charge in [-0.2, -0.15) is 0 Å². The van der Waals surface area contributed by atoms with Gasteiger partial charge in [0, 0.05) is 37.7 Å². The summed E-state index contributed by atoms with van der Waals surface area (Å²) in [5.41, 5.74) is 0.962. The second kappa shape index (κ2) is 8.67. The van der Waals surface area contributed by atoms with Crippen molar-refractivity contribution in [3.05, 3.63) is 34.9 Å². The molecule has 0 radical (unpaired) electrons. The Hall–Kier alpha value is -1.10. The molecule has 128 valence electrons. The van der Waals surface area contributed by atoms with Gasteiger partial charge in [-0.05, 0) is 24.5 Å². The molecule has 1 N–H and O–H groups in total. The number of piperazine rings is 1. The topological polar surface area (TPSA) is 35.6 Å². The number of carbonyl (C=O) groups excluding carboxylic acids is 1. The van der Waals surface area contributed by atoms with Crippen LogP contribution in [0.2, 0.25) is 5.02 Å². The van der Waals surface area contributed by atoms with Crippen molar-refractivity contribution in [1.82, 2.24) is 15.1 Å². The molecule has 1 heterocycles. The lowest BCUT2D eigenvalue weighted by Gasteiger charge is -2.35. The van der Waals surface area contributed by atoms with E-state index in [1.807, 2.05) is 31.2 Å². The Bertz CT molecular complexity index is 513. The number of nitrogens with one attached hydrogen (secondary N) is 1. The van der Waals surface area contributed by atoms with Crippen molar-refractivity contribution in [2.24, 2.45) is 5.92 Å². The highest BCUT2D eigenvalue weighted by Gasteiger charge is 2.20. The van der Waals surface area contributed by atoms with Crippen LogP contribution in [-0.4, -0.2) is 55.0 Å². The van der Waals surface area contributed by atoms with E-state index in [1.165, 1.54) is 0 Å². The highest BCUT2D eigenvalue weighted by Crippen LogP contribution is 2.22. The molecular formula is C18H28ClN3O. The van der Waals surface area contributed by atoms with Gasteiger partial charge in [0.2, 0.25) is 5.91 Å². The molecule has 1 atom stereocenters. The summed E-state index contributed by atoms with van der Waals surface area (Å²) in [7, 11) is 0. The van der Waals surface area contributed by atoms with Crippen LogP contribution in [0, 0.1) is 5.92 Å². The lowest BCUT2D eigenvalue weighted by molar-refractivity contribution is -0.123. The van der Waals surface area contributed by atoms with Crippen molar-refractivity contribution in [3.63, 3.8) is 0 Å². The van der Waals surface area contributed by atoms with Crippen molar-refractivity contribution in [2.45, 2.75) is 26.8 Å². The van der Waals surface area contributed by atoms with Gasteiger partial charge in [-0.25, -0.2) is 0 Å². The summed E-state index contributed by atoms with van der Waals surface area (Å²) in [6, 6.07) is 7.58. The number of nitrogens with zero attached hydrogens (tertiary/aromatic N) is 2. The Balaban J connectivity index is 1.76. The van der Waals surface area contributed by atoms with E-state index in [2.05, 4.69) is 29.0 Å². The van der Waals surface area contributed by atoms with Gasteiger partial charge in [0.15, 0.2) is 0 Å². The van der Waals surface area contributed by atoms with Gasteiger partial charge in [-0.3, -0.25) is 9.69 Å². The number of amides is 1. The first kappa shape index (κ1) is 18.2. The highest BCUT2D eigenvalue weighted by molar-refractivity contribution is 6.31. The van der Waals surface area contributed by atoms with E-state index >= 15 is 0 Å². The van der Waals surface area contributed by atoms with Gasteiger partial charge in [0.25, 0.3) is 0 Å². The zero-order chi connectivity index (χ0) is 16.8. The van der Waals surface area contributed by atoms with Crippen LogP contribution in [0.15, 0.2) is 24.3 Å². The molecule has 5 heteroatoms. The average Bonchev–Trinajstić information content (AvgIpc) is 2.49. The molecular weight excluding hydrogens is 310 g/mol. The summed E-state index contributed by atoms with van der Waals surface area (Å²) < 4.78 is 0. The fraction of sp³-hybridized carbons (Fsp3) is 0.611. The first-order valence-electron chi connectivity index (χ1n) is 8.44. The summed E-state index contributed by atoms with van der Waals surface area (Å²) in [5.74, 6) is 0.760. The molecule has 1 unspecified atom stereocenters. The van der Waals surface area contributed by atoms with Gasteiger partial charge in [0.1, 0.15) is 0 Å². The fourth-order valence-corrected chi connectivity index (χ4v) is 3.34. The lowest BCUT2D eigenvalue weighted by atomic mass is 10.1. The van der Waals surface area contributed by atoms with E-state index in [-0.39, 0.29) is 11.9 Å². The van der Waals surface area contributed by atoms with Gasteiger partial charge in [-0.15, -0.1) is 0 Å². The van der Waals surface area contributed by atoms with Crippen LogP contribution in [-0.2, 0) is 4.79 Å². The SMILES string of the molecule is CC(C)CN1CCN(CC(=O)NC(C)c2ccccc2Cl)CC1. The molecule has 1 fully saturated rings. The minimum Gasteiger partial charge on any atom is -0.348 e. The molecule has 0 spiro atoms. The Morgan fingerprint density at radius 3 is 2.35 bits per heavy atom. The molecule has 1 aliphatic heterocycles. The molecule has 4 nitrogen and oxygen atoms in total. The molecule has 1 aliphatic rings. The second-order valence-corrected chi connectivity index (χ2v) is 7.19. The maximum absolute atomic E-state index is 12.3. The molecule has 0 aliphatic carbocycles. The normalized spacial score (nSPS) is 18.1. The molecule has 1 aromatic carbocycles. The minimum atomic E-state index is -0.0709. The molecule has 0 saturated carbocycles.